The summed E-state index contributed by atoms with van der Waals surface area (Å²) in [6, 6.07) is 0.0776. The zero-order valence-electron chi connectivity index (χ0n) is 9.33. The third-order valence-electron chi connectivity index (χ3n) is 1.77. The Morgan fingerprint density at radius 1 is 1.13 bits per heavy atom. The van der Waals surface area contributed by atoms with E-state index in [4.69, 9.17) is 0 Å². The molecule has 0 aliphatic rings. The second kappa shape index (κ2) is 8.19. The Labute approximate surface area is 89.3 Å². The number of carbonyl (C=O) groups excluding carboxylic acids is 2. The zero-order chi connectivity index (χ0) is 11.7. The average molecular weight is 218 g/mol. The van der Waals surface area contributed by atoms with E-state index in [2.05, 4.69) is 20.1 Å². The van der Waals surface area contributed by atoms with Gasteiger partial charge in [-0.1, -0.05) is 0 Å². The molecule has 0 amide bonds. The third-order valence-corrected chi connectivity index (χ3v) is 1.77. The highest BCUT2D eigenvalue weighted by Gasteiger charge is 2.05. The molecule has 0 heterocycles. The van der Waals surface area contributed by atoms with Crippen molar-refractivity contribution in [3.63, 3.8) is 0 Å². The van der Waals surface area contributed by atoms with Crippen molar-refractivity contribution in [1.82, 2.24) is 10.6 Å². The molecule has 0 aliphatic heterocycles. The van der Waals surface area contributed by atoms with Crippen molar-refractivity contribution in [2.75, 3.05) is 33.9 Å². The number of carbonyl (C=O) groups is 2. The molecule has 6 nitrogen and oxygen atoms in total. The van der Waals surface area contributed by atoms with Crippen LogP contribution in [0.15, 0.2) is 0 Å². The van der Waals surface area contributed by atoms with Crippen molar-refractivity contribution in [2.24, 2.45) is 0 Å². The van der Waals surface area contributed by atoms with Gasteiger partial charge < -0.3 is 20.1 Å². The van der Waals surface area contributed by atoms with Crippen molar-refractivity contribution in [3.8, 4) is 0 Å². The molecule has 0 rings (SSSR count). The van der Waals surface area contributed by atoms with Crippen LogP contribution in [-0.4, -0.2) is 51.8 Å². The molecule has 88 valence electrons. The van der Waals surface area contributed by atoms with E-state index in [9.17, 15) is 9.59 Å². The van der Waals surface area contributed by atoms with Gasteiger partial charge in [0.25, 0.3) is 0 Å². The van der Waals surface area contributed by atoms with Crippen molar-refractivity contribution >= 4 is 11.9 Å². The molecule has 0 fully saturated rings. The Morgan fingerprint density at radius 2 is 1.67 bits per heavy atom. The van der Waals surface area contributed by atoms with Gasteiger partial charge in [0.05, 0.1) is 27.3 Å². The summed E-state index contributed by atoms with van der Waals surface area (Å²) < 4.78 is 8.92. The number of hydrogen-bond donors (Lipinski definition) is 2. The molecule has 15 heavy (non-hydrogen) atoms. The summed E-state index contributed by atoms with van der Waals surface area (Å²) in [5, 5.41) is 5.82. The standard InChI is InChI=1S/C9H18N2O4/c1-7(11-6-9(13)15-3)4-10-5-8(12)14-2/h7,10-11H,4-6H2,1-3H3/t7-/m0/s1. The first-order valence-electron chi connectivity index (χ1n) is 4.68. The van der Waals surface area contributed by atoms with Crippen LogP contribution < -0.4 is 10.6 Å². The lowest BCUT2D eigenvalue weighted by atomic mass is 10.3. The molecule has 0 aromatic heterocycles. The van der Waals surface area contributed by atoms with E-state index in [1.165, 1.54) is 14.2 Å². The Bertz CT molecular complexity index is 208. The van der Waals surface area contributed by atoms with Crippen molar-refractivity contribution < 1.29 is 19.1 Å². The lowest BCUT2D eigenvalue weighted by Crippen LogP contribution is -2.40. The number of ether oxygens (including phenoxy) is 2. The number of rotatable bonds is 7. The van der Waals surface area contributed by atoms with E-state index in [1.807, 2.05) is 6.92 Å². The molecule has 0 saturated heterocycles. The fourth-order valence-electron chi connectivity index (χ4n) is 0.865. The van der Waals surface area contributed by atoms with Crippen molar-refractivity contribution in [3.05, 3.63) is 0 Å². The SMILES string of the molecule is COC(=O)CNC[C@H](C)NCC(=O)OC. The minimum atomic E-state index is -0.310. The maximum Gasteiger partial charge on any atom is 0.319 e. The van der Waals surface area contributed by atoms with Crippen LogP contribution in [0.3, 0.4) is 0 Å². The molecule has 1 atom stereocenters. The molecule has 0 bridgehead atoms. The summed E-state index contributed by atoms with van der Waals surface area (Å²) in [6.07, 6.45) is 0. The number of methoxy groups -OCH3 is 2. The normalized spacial score (nSPS) is 11.9. The summed E-state index contributed by atoms with van der Waals surface area (Å²) in [5.41, 5.74) is 0. The highest BCUT2D eigenvalue weighted by atomic mass is 16.5. The highest BCUT2D eigenvalue weighted by Crippen LogP contribution is 1.80. The van der Waals surface area contributed by atoms with Crippen LogP contribution in [0.4, 0.5) is 0 Å². The highest BCUT2D eigenvalue weighted by molar-refractivity contribution is 5.71. The van der Waals surface area contributed by atoms with Crippen LogP contribution in [0, 0.1) is 0 Å². The van der Waals surface area contributed by atoms with Gasteiger partial charge in [-0.3, -0.25) is 9.59 Å². The number of esters is 2. The summed E-state index contributed by atoms with van der Waals surface area (Å²) in [4.78, 5) is 21.5. The molecule has 0 aliphatic carbocycles. The maximum atomic E-state index is 10.8. The smallest absolute Gasteiger partial charge is 0.319 e. The van der Waals surface area contributed by atoms with Crippen molar-refractivity contribution in [1.29, 1.82) is 0 Å². The van der Waals surface area contributed by atoms with Crippen LogP contribution in [0.5, 0.6) is 0 Å². The molecule has 2 N–H and O–H groups in total. The largest absolute Gasteiger partial charge is 0.468 e. The maximum absolute atomic E-state index is 10.8. The minimum absolute atomic E-state index is 0.0776. The Balaban J connectivity index is 3.45. The number of hydrogen-bond acceptors (Lipinski definition) is 6. The van der Waals surface area contributed by atoms with Gasteiger partial charge in [-0.25, -0.2) is 0 Å². The molecule has 0 aromatic rings. The van der Waals surface area contributed by atoms with Gasteiger partial charge in [0.15, 0.2) is 0 Å². The monoisotopic (exact) mass is 218 g/mol. The molecular weight excluding hydrogens is 200 g/mol. The molecule has 0 unspecified atom stereocenters. The molecular formula is C9H18N2O4. The fraction of sp³-hybridized carbons (Fsp3) is 0.778. The predicted octanol–water partition coefficient (Wildman–Crippen LogP) is -1.10. The lowest BCUT2D eigenvalue weighted by molar-refractivity contribution is -0.140. The molecule has 0 radical (unpaired) electrons. The molecule has 6 heteroatoms. The average Bonchev–Trinajstić information content (AvgIpc) is 2.25. The lowest BCUT2D eigenvalue weighted by Gasteiger charge is -2.13. The predicted molar refractivity (Wildman–Crippen MR) is 54.4 cm³/mol. The zero-order valence-corrected chi connectivity index (χ0v) is 9.33. The van der Waals surface area contributed by atoms with E-state index < -0.39 is 0 Å². The molecule has 0 aromatic carbocycles. The summed E-state index contributed by atoms with van der Waals surface area (Å²) in [6.45, 7) is 2.80. The molecule has 0 spiro atoms. The van der Waals surface area contributed by atoms with Crippen LogP contribution in [0.1, 0.15) is 6.92 Å². The van der Waals surface area contributed by atoms with Gasteiger partial charge in [-0.05, 0) is 6.92 Å². The van der Waals surface area contributed by atoms with Crippen LogP contribution in [0.25, 0.3) is 0 Å². The fourth-order valence-corrected chi connectivity index (χ4v) is 0.865. The minimum Gasteiger partial charge on any atom is -0.468 e. The van der Waals surface area contributed by atoms with E-state index in [0.29, 0.717) is 6.54 Å². The Morgan fingerprint density at radius 3 is 2.20 bits per heavy atom. The summed E-state index contributed by atoms with van der Waals surface area (Å²) in [5.74, 6) is -0.620. The van der Waals surface area contributed by atoms with Crippen LogP contribution in [0.2, 0.25) is 0 Å². The quantitative estimate of drug-likeness (QED) is 0.528. The third kappa shape index (κ3) is 7.90. The summed E-state index contributed by atoms with van der Waals surface area (Å²) in [7, 11) is 2.67. The van der Waals surface area contributed by atoms with E-state index in [0.717, 1.165) is 0 Å². The molecule has 0 saturated carbocycles. The first kappa shape index (κ1) is 13.9. The second-order valence-corrected chi connectivity index (χ2v) is 3.07. The number of nitrogens with one attached hydrogen (secondary N) is 2. The topological polar surface area (TPSA) is 76.7 Å². The summed E-state index contributed by atoms with van der Waals surface area (Å²) >= 11 is 0. The first-order chi connectivity index (χ1) is 7.10. The second-order valence-electron chi connectivity index (χ2n) is 3.07. The van der Waals surface area contributed by atoms with E-state index >= 15 is 0 Å². The van der Waals surface area contributed by atoms with Crippen molar-refractivity contribution in [2.45, 2.75) is 13.0 Å². The van der Waals surface area contributed by atoms with Crippen LogP contribution in [-0.2, 0) is 19.1 Å². The first-order valence-corrected chi connectivity index (χ1v) is 4.68. The van der Waals surface area contributed by atoms with E-state index in [1.54, 1.807) is 0 Å². The Kier molecular flexibility index (Phi) is 7.57. The van der Waals surface area contributed by atoms with Gasteiger partial charge in [-0.2, -0.15) is 0 Å². The van der Waals surface area contributed by atoms with Gasteiger partial charge in [0.1, 0.15) is 0 Å². The van der Waals surface area contributed by atoms with Crippen LogP contribution >= 0.6 is 0 Å². The van der Waals surface area contributed by atoms with Gasteiger partial charge in [0.2, 0.25) is 0 Å². The van der Waals surface area contributed by atoms with Gasteiger partial charge >= 0.3 is 11.9 Å². The van der Waals surface area contributed by atoms with Gasteiger partial charge in [-0.15, -0.1) is 0 Å². The Hall–Kier alpha value is -1.14. The van der Waals surface area contributed by atoms with E-state index in [-0.39, 0.29) is 31.1 Å². The van der Waals surface area contributed by atoms with Gasteiger partial charge in [0, 0.05) is 12.6 Å².